The van der Waals surface area contributed by atoms with Crippen LogP contribution in [0.4, 0.5) is 4.39 Å². The van der Waals surface area contributed by atoms with Gasteiger partial charge in [-0.15, -0.1) is 10.2 Å². The van der Waals surface area contributed by atoms with E-state index in [9.17, 15) is 4.39 Å². The van der Waals surface area contributed by atoms with Crippen molar-refractivity contribution < 1.29 is 8.91 Å². The molecular weight excluding hydrogens is 379 g/mol. The van der Waals surface area contributed by atoms with E-state index in [1.807, 2.05) is 30.5 Å². The Labute approximate surface area is 166 Å². The molecule has 0 fully saturated rings. The fourth-order valence-corrected chi connectivity index (χ4v) is 3.21. The quantitative estimate of drug-likeness (QED) is 0.516. The third-order valence-corrected chi connectivity index (χ3v) is 4.78. The molecule has 0 aliphatic carbocycles. The number of pyridine rings is 1. The molecule has 28 heavy (non-hydrogen) atoms. The fraction of sp³-hybridized carbons (Fsp3) is 0.211. The highest BCUT2D eigenvalue weighted by atomic mass is 32.1. The second-order valence-corrected chi connectivity index (χ2v) is 6.72. The van der Waals surface area contributed by atoms with Crippen LogP contribution in [0.1, 0.15) is 29.4 Å². The van der Waals surface area contributed by atoms with Crippen LogP contribution in [0.25, 0.3) is 22.8 Å². The SMILES string of the molecule is CCn1c(-c2ccncc2)nnc1C(S)c1noc(-c2cc(C)ccc2F)n1. The number of aryl methyl sites for hydroxylation is 1. The average Bonchev–Trinajstić information content (AvgIpc) is 3.37. The van der Waals surface area contributed by atoms with E-state index < -0.39 is 11.1 Å². The maximum absolute atomic E-state index is 14.1. The summed E-state index contributed by atoms with van der Waals surface area (Å²) in [4.78, 5) is 8.36. The molecule has 7 nitrogen and oxygen atoms in total. The summed E-state index contributed by atoms with van der Waals surface area (Å²) >= 11 is 4.62. The highest BCUT2D eigenvalue weighted by Crippen LogP contribution is 2.30. The van der Waals surface area contributed by atoms with Crippen LogP contribution < -0.4 is 0 Å². The number of hydrogen-bond donors (Lipinski definition) is 1. The molecule has 3 heterocycles. The zero-order chi connectivity index (χ0) is 19.7. The molecule has 4 rings (SSSR count). The van der Waals surface area contributed by atoms with Crippen LogP contribution in [0, 0.1) is 12.7 Å². The van der Waals surface area contributed by atoms with E-state index in [1.54, 1.807) is 24.5 Å². The Morgan fingerprint density at radius 1 is 1.18 bits per heavy atom. The van der Waals surface area contributed by atoms with E-state index in [2.05, 4.69) is 38.0 Å². The second kappa shape index (κ2) is 7.51. The molecule has 0 radical (unpaired) electrons. The van der Waals surface area contributed by atoms with Crippen LogP contribution in [0.3, 0.4) is 0 Å². The first-order valence-corrected chi connectivity index (χ1v) is 9.21. The van der Waals surface area contributed by atoms with E-state index in [0.29, 0.717) is 24.0 Å². The lowest BCUT2D eigenvalue weighted by atomic mass is 10.1. The first-order valence-electron chi connectivity index (χ1n) is 8.70. The number of halogens is 1. The summed E-state index contributed by atoms with van der Waals surface area (Å²) in [6.07, 6.45) is 3.40. The van der Waals surface area contributed by atoms with Gasteiger partial charge in [0, 0.05) is 24.5 Å². The largest absolute Gasteiger partial charge is 0.334 e. The normalized spacial score (nSPS) is 12.3. The van der Waals surface area contributed by atoms with Crippen LogP contribution in [0.2, 0.25) is 0 Å². The lowest BCUT2D eigenvalue weighted by molar-refractivity contribution is 0.420. The van der Waals surface area contributed by atoms with Crippen molar-refractivity contribution in [2.45, 2.75) is 25.6 Å². The van der Waals surface area contributed by atoms with Crippen molar-refractivity contribution in [1.82, 2.24) is 29.9 Å². The molecule has 0 aliphatic rings. The van der Waals surface area contributed by atoms with Crippen LogP contribution >= 0.6 is 12.6 Å². The summed E-state index contributed by atoms with van der Waals surface area (Å²) in [5.41, 5.74) is 2.05. The van der Waals surface area contributed by atoms with Crippen molar-refractivity contribution >= 4 is 12.6 Å². The van der Waals surface area contributed by atoms with Crippen LogP contribution in [-0.4, -0.2) is 29.9 Å². The molecule has 0 N–H and O–H groups in total. The first kappa shape index (κ1) is 18.3. The average molecular weight is 396 g/mol. The Hall–Kier alpha value is -3.07. The Bertz CT molecular complexity index is 1110. The molecule has 0 spiro atoms. The van der Waals surface area contributed by atoms with Crippen molar-refractivity contribution in [2.24, 2.45) is 0 Å². The van der Waals surface area contributed by atoms with Gasteiger partial charge in [0.25, 0.3) is 5.89 Å². The topological polar surface area (TPSA) is 82.5 Å². The lowest BCUT2D eigenvalue weighted by Crippen LogP contribution is -2.08. The molecule has 0 amide bonds. The molecule has 3 aromatic heterocycles. The molecular formula is C19H17FN6OS. The summed E-state index contributed by atoms with van der Waals surface area (Å²) in [5.74, 6) is 1.25. The van der Waals surface area contributed by atoms with Gasteiger partial charge in [-0.1, -0.05) is 16.8 Å². The molecule has 0 saturated heterocycles. The fourth-order valence-electron chi connectivity index (χ4n) is 2.92. The third kappa shape index (κ3) is 3.29. The maximum atomic E-state index is 14.1. The lowest BCUT2D eigenvalue weighted by Gasteiger charge is -2.10. The van der Waals surface area contributed by atoms with Crippen LogP contribution in [0.15, 0.2) is 47.2 Å². The third-order valence-electron chi connectivity index (χ3n) is 4.32. The molecule has 0 bridgehead atoms. The Morgan fingerprint density at radius 3 is 2.71 bits per heavy atom. The van der Waals surface area contributed by atoms with E-state index in [1.165, 1.54) is 6.07 Å². The van der Waals surface area contributed by atoms with Gasteiger partial charge in [0.15, 0.2) is 17.5 Å². The minimum Gasteiger partial charge on any atom is -0.334 e. The van der Waals surface area contributed by atoms with Crippen molar-refractivity contribution in [3.63, 3.8) is 0 Å². The molecule has 1 atom stereocenters. The second-order valence-electron chi connectivity index (χ2n) is 6.21. The number of thiol groups is 1. The molecule has 1 aromatic carbocycles. The Kier molecular flexibility index (Phi) is 4.91. The van der Waals surface area contributed by atoms with Crippen molar-refractivity contribution in [3.05, 3.63) is 65.8 Å². The zero-order valence-electron chi connectivity index (χ0n) is 15.2. The molecule has 9 heteroatoms. The summed E-state index contributed by atoms with van der Waals surface area (Å²) in [6, 6.07) is 8.44. The van der Waals surface area contributed by atoms with E-state index in [-0.39, 0.29) is 11.5 Å². The standard InChI is InChI=1S/C19H17FN6OS/c1-3-26-17(12-6-8-21-9-7-12)23-24-18(26)15(28)16-22-19(27-25-16)13-10-11(2)4-5-14(13)20/h4-10,15,28H,3H2,1-2H3. The summed E-state index contributed by atoms with van der Waals surface area (Å²) < 4.78 is 21.3. The molecule has 0 aliphatic heterocycles. The number of benzene rings is 1. The van der Waals surface area contributed by atoms with E-state index in [0.717, 1.165) is 11.1 Å². The predicted octanol–water partition coefficient (Wildman–Crippen LogP) is 3.88. The summed E-state index contributed by atoms with van der Waals surface area (Å²) in [6.45, 7) is 4.49. The van der Waals surface area contributed by atoms with Gasteiger partial charge in [-0.3, -0.25) is 4.98 Å². The first-order chi connectivity index (χ1) is 13.6. The minimum absolute atomic E-state index is 0.104. The predicted molar refractivity (Wildman–Crippen MR) is 104 cm³/mol. The summed E-state index contributed by atoms with van der Waals surface area (Å²) in [7, 11) is 0. The Morgan fingerprint density at radius 2 is 1.96 bits per heavy atom. The van der Waals surface area contributed by atoms with Gasteiger partial charge < -0.3 is 9.09 Å². The van der Waals surface area contributed by atoms with Gasteiger partial charge >= 0.3 is 0 Å². The number of aromatic nitrogens is 6. The highest BCUT2D eigenvalue weighted by molar-refractivity contribution is 7.80. The molecule has 142 valence electrons. The van der Waals surface area contributed by atoms with Crippen molar-refractivity contribution in [2.75, 3.05) is 0 Å². The van der Waals surface area contributed by atoms with Gasteiger partial charge in [0.05, 0.1) is 5.56 Å². The molecule has 1 unspecified atom stereocenters. The van der Waals surface area contributed by atoms with E-state index >= 15 is 0 Å². The number of nitrogens with zero attached hydrogens (tertiary/aromatic N) is 6. The van der Waals surface area contributed by atoms with Gasteiger partial charge in [-0.25, -0.2) is 4.39 Å². The van der Waals surface area contributed by atoms with Crippen LogP contribution in [-0.2, 0) is 6.54 Å². The van der Waals surface area contributed by atoms with E-state index in [4.69, 9.17) is 4.52 Å². The summed E-state index contributed by atoms with van der Waals surface area (Å²) in [5, 5.41) is 12.0. The van der Waals surface area contributed by atoms with Gasteiger partial charge in [-0.05, 0) is 38.1 Å². The number of hydrogen-bond acceptors (Lipinski definition) is 7. The monoisotopic (exact) mass is 396 g/mol. The van der Waals surface area contributed by atoms with Gasteiger partial charge in [0.1, 0.15) is 11.1 Å². The zero-order valence-corrected chi connectivity index (χ0v) is 16.1. The Balaban J connectivity index is 1.69. The maximum Gasteiger partial charge on any atom is 0.260 e. The number of rotatable bonds is 5. The smallest absolute Gasteiger partial charge is 0.260 e. The molecule has 0 saturated carbocycles. The highest BCUT2D eigenvalue weighted by Gasteiger charge is 2.25. The van der Waals surface area contributed by atoms with Gasteiger partial charge in [-0.2, -0.15) is 17.6 Å². The minimum atomic E-state index is -0.576. The van der Waals surface area contributed by atoms with Gasteiger partial charge in [0.2, 0.25) is 0 Å². The molecule has 4 aromatic rings. The van der Waals surface area contributed by atoms with Crippen LogP contribution in [0.5, 0.6) is 0 Å². The van der Waals surface area contributed by atoms with Crippen molar-refractivity contribution in [3.8, 4) is 22.8 Å². The van der Waals surface area contributed by atoms with Crippen molar-refractivity contribution in [1.29, 1.82) is 0 Å².